The highest BCUT2D eigenvalue weighted by Gasteiger charge is 2.31. The topological polar surface area (TPSA) is 73.0 Å². The van der Waals surface area contributed by atoms with Gasteiger partial charge in [-0.2, -0.15) is 5.10 Å². The van der Waals surface area contributed by atoms with Crippen molar-refractivity contribution in [3.05, 3.63) is 76.2 Å². The van der Waals surface area contributed by atoms with E-state index in [9.17, 15) is 9.59 Å². The molecule has 1 unspecified atom stereocenters. The molecule has 7 nitrogen and oxygen atoms in total. The molecule has 0 saturated heterocycles. The molecule has 0 saturated carbocycles. The zero-order valence-corrected chi connectivity index (χ0v) is 19.7. The highest BCUT2D eigenvalue weighted by atomic mass is 32.2. The number of carbonyl (C=O) groups excluding carboxylic acids is 1. The summed E-state index contributed by atoms with van der Waals surface area (Å²) in [5.74, 6) is 0.646. The van der Waals surface area contributed by atoms with Gasteiger partial charge in [0.1, 0.15) is 5.39 Å². The smallest absolute Gasteiger partial charge is 0.265 e. The zero-order chi connectivity index (χ0) is 23.1. The molecular weight excluding hydrogens is 434 g/mol. The van der Waals surface area contributed by atoms with E-state index in [-0.39, 0.29) is 23.9 Å². The van der Waals surface area contributed by atoms with Crippen LogP contribution < -0.4 is 10.5 Å². The second-order valence-corrected chi connectivity index (χ2v) is 9.28. The largest absolute Gasteiger partial charge is 0.313 e. The molecule has 0 radical (unpaired) electrons. The van der Waals surface area contributed by atoms with Gasteiger partial charge in [-0.1, -0.05) is 42.1 Å². The molecule has 2 aromatic carbocycles. The van der Waals surface area contributed by atoms with Gasteiger partial charge < -0.3 is 4.90 Å². The fourth-order valence-corrected chi connectivity index (χ4v) is 5.50. The summed E-state index contributed by atoms with van der Waals surface area (Å²) in [5, 5.41) is 5.56. The first-order chi connectivity index (χ1) is 16.0. The molecule has 5 rings (SSSR count). The third-order valence-electron chi connectivity index (χ3n) is 6.06. The average Bonchev–Trinajstić information content (AvgIpc) is 3.40. The van der Waals surface area contributed by atoms with Crippen LogP contribution in [0.3, 0.4) is 0 Å². The number of rotatable bonds is 5. The lowest BCUT2D eigenvalue weighted by Gasteiger charge is -2.23. The molecule has 8 heteroatoms. The number of aromatic nitrogens is 4. The van der Waals surface area contributed by atoms with E-state index in [1.165, 1.54) is 11.8 Å². The van der Waals surface area contributed by atoms with Crippen molar-refractivity contribution >= 4 is 34.4 Å². The molecule has 1 aliphatic rings. The predicted molar refractivity (Wildman–Crippen MR) is 131 cm³/mol. The second kappa shape index (κ2) is 8.51. The molecule has 168 valence electrons. The average molecular weight is 460 g/mol. The summed E-state index contributed by atoms with van der Waals surface area (Å²) in [7, 11) is 0. The number of anilines is 1. The van der Waals surface area contributed by atoms with E-state index < -0.39 is 0 Å². The molecular formula is C25H25N5O2S. The number of nitrogens with zero attached hydrogens (tertiary/aromatic N) is 5. The molecule has 0 fully saturated rings. The monoisotopic (exact) mass is 459 g/mol. The number of thioether (sulfide) groups is 1. The van der Waals surface area contributed by atoms with Crippen LogP contribution in [0.1, 0.15) is 30.5 Å². The van der Waals surface area contributed by atoms with Crippen LogP contribution in [-0.2, 0) is 4.79 Å². The Morgan fingerprint density at radius 1 is 1.18 bits per heavy atom. The Morgan fingerprint density at radius 3 is 2.76 bits per heavy atom. The minimum absolute atomic E-state index is 0.00384. The summed E-state index contributed by atoms with van der Waals surface area (Å²) >= 11 is 1.52. The Morgan fingerprint density at radius 2 is 2.00 bits per heavy atom. The maximum absolute atomic E-state index is 13.4. The van der Waals surface area contributed by atoms with Crippen LogP contribution in [0.5, 0.6) is 0 Å². The van der Waals surface area contributed by atoms with Crippen molar-refractivity contribution < 1.29 is 4.79 Å². The van der Waals surface area contributed by atoms with Gasteiger partial charge in [-0.15, -0.1) is 0 Å². The lowest BCUT2D eigenvalue weighted by atomic mass is 10.1. The molecule has 33 heavy (non-hydrogen) atoms. The van der Waals surface area contributed by atoms with Gasteiger partial charge in [0.2, 0.25) is 5.91 Å². The van der Waals surface area contributed by atoms with Crippen molar-refractivity contribution in [1.29, 1.82) is 0 Å². The fraction of sp³-hybridized carbons (Fsp3) is 0.280. The van der Waals surface area contributed by atoms with Gasteiger partial charge in [-0.25, -0.2) is 9.67 Å². The van der Waals surface area contributed by atoms with Crippen LogP contribution in [0.15, 0.2) is 64.7 Å². The van der Waals surface area contributed by atoms with Gasteiger partial charge in [-0.05, 0) is 50.1 Å². The van der Waals surface area contributed by atoms with E-state index in [0.29, 0.717) is 28.5 Å². The van der Waals surface area contributed by atoms with Crippen molar-refractivity contribution in [2.75, 3.05) is 17.2 Å². The van der Waals surface area contributed by atoms with Crippen LogP contribution in [0, 0.1) is 13.8 Å². The normalized spacial score (nSPS) is 15.1. The highest BCUT2D eigenvalue weighted by Crippen LogP contribution is 2.34. The standard InChI is InChI=1S/C25H25N5O2S/c1-4-28(18-10-7-8-16(2)12-18)22(31)13-19-15-33-25-27-23-20(24(32)29(19)25)14-26-30(23)21-11-6-5-9-17(21)3/h5-12,14,19H,4,13,15H2,1-3H3. The van der Waals surface area contributed by atoms with Gasteiger partial charge in [0.15, 0.2) is 10.8 Å². The number of hydrogen-bond donors (Lipinski definition) is 0. The summed E-state index contributed by atoms with van der Waals surface area (Å²) in [4.78, 5) is 33.2. The maximum Gasteiger partial charge on any atom is 0.265 e. The Labute approximate surface area is 196 Å². The van der Waals surface area contributed by atoms with E-state index in [0.717, 1.165) is 22.5 Å². The molecule has 4 aromatic rings. The van der Waals surface area contributed by atoms with Crippen molar-refractivity contribution in [2.24, 2.45) is 0 Å². The maximum atomic E-state index is 13.4. The highest BCUT2D eigenvalue weighted by molar-refractivity contribution is 7.99. The summed E-state index contributed by atoms with van der Waals surface area (Å²) in [6.07, 6.45) is 1.83. The van der Waals surface area contributed by atoms with Gasteiger partial charge in [0.05, 0.1) is 17.9 Å². The zero-order valence-electron chi connectivity index (χ0n) is 18.9. The van der Waals surface area contributed by atoms with Crippen molar-refractivity contribution in [2.45, 2.75) is 38.4 Å². The molecule has 0 bridgehead atoms. The Balaban J connectivity index is 1.49. The number of fused-ring (bicyclic) bond motifs is 2. The predicted octanol–water partition coefficient (Wildman–Crippen LogP) is 4.29. The van der Waals surface area contributed by atoms with E-state index in [1.54, 1.807) is 20.3 Å². The summed E-state index contributed by atoms with van der Waals surface area (Å²) in [6, 6.07) is 15.6. The SMILES string of the molecule is CCN(C(=O)CC1CSc2nc3c(cnn3-c3ccccc3C)c(=O)n21)c1cccc(C)c1. The lowest BCUT2D eigenvalue weighted by Crippen LogP contribution is -2.34. The number of aryl methyl sites for hydroxylation is 2. The fourth-order valence-electron chi connectivity index (χ4n) is 4.37. The summed E-state index contributed by atoms with van der Waals surface area (Å²) in [6.45, 7) is 6.56. The number of para-hydroxylation sites is 1. The van der Waals surface area contributed by atoms with Gasteiger partial charge >= 0.3 is 0 Å². The molecule has 1 amide bonds. The molecule has 0 aliphatic carbocycles. The van der Waals surface area contributed by atoms with Crippen molar-refractivity contribution in [1.82, 2.24) is 19.3 Å². The van der Waals surface area contributed by atoms with Gasteiger partial charge in [-0.3, -0.25) is 14.2 Å². The first kappa shape index (κ1) is 21.5. The minimum atomic E-state index is -0.234. The molecule has 0 N–H and O–H groups in total. The minimum Gasteiger partial charge on any atom is -0.313 e. The Hall–Kier alpha value is -3.39. The van der Waals surface area contributed by atoms with Crippen LogP contribution in [0.4, 0.5) is 5.69 Å². The van der Waals surface area contributed by atoms with Crippen LogP contribution >= 0.6 is 11.8 Å². The molecule has 3 heterocycles. The summed E-state index contributed by atoms with van der Waals surface area (Å²) in [5.41, 5.74) is 4.35. The van der Waals surface area contributed by atoms with Gasteiger partial charge in [0, 0.05) is 24.4 Å². The van der Waals surface area contributed by atoms with Crippen molar-refractivity contribution in [3.63, 3.8) is 0 Å². The van der Waals surface area contributed by atoms with Crippen LogP contribution in [0.25, 0.3) is 16.7 Å². The Kier molecular flexibility index (Phi) is 5.54. The Bertz CT molecular complexity index is 1420. The van der Waals surface area contributed by atoms with Crippen LogP contribution in [0.2, 0.25) is 0 Å². The number of benzene rings is 2. The molecule has 1 atom stereocenters. The number of amides is 1. The lowest BCUT2D eigenvalue weighted by molar-refractivity contribution is -0.119. The van der Waals surface area contributed by atoms with E-state index >= 15 is 0 Å². The van der Waals surface area contributed by atoms with E-state index in [2.05, 4.69) is 5.10 Å². The molecule has 1 aliphatic heterocycles. The number of hydrogen-bond acceptors (Lipinski definition) is 5. The first-order valence-electron chi connectivity index (χ1n) is 11.0. The van der Waals surface area contributed by atoms with E-state index in [4.69, 9.17) is 4.98 Å². The molecule has 0 spiro atoms. The third kappa shape index (κ3) is 3.74. The number of carbonyl (C=O) groups is 1. The first-order valence-corrected chi connectivity index (χ1v) is 12.0. The van der Waals surface area contributed by atoms with Crippen LogP contribution in [-0.4, -0.2) is 37.5 Å². The van der Waals surface area contributed by atoms with E-state index in [1.807, 2.05) is 69.3 Å². The molecule has 2 aromatic heterocycles. The third-order valence-corrected chi connectivity index (χ3v) is 7.15. The second-order valence-electron chi connectivity index (χ2n) is 8.30. The van der Waals surface area contributed by atoms with Gasteiger partial charge in [0.25, 0.3) is 5.56 Å². The quantitative estimate of drug-likeness (QED) is 0.416. The van der Waals surface area contributed by atoms with Crippen molar-refractivity contribution in [3.8, 4) is 5.69 Å². The summed E-state index contributed by atoms with van der Waals surface area (Å²) < 4.78 is 3.40.